The van der Waals surface area contributed by atoms with Gasteiger partial charge in [0.1, 0.15) is 0 Å². The predicted octanol–water partition coefficient (Wildman–Crippen LogP) is 3.24. The van der Waals surface area contributed by atoms with E-state index in [1.165, 1.54) is 17.7 Å². The monoisotopic (exact) mass is 248 g/mol. The summed E-state index contributed by atoms with van der Waals surface area (Å²) in [5.74, 6) is 0.636. The Kier molecular flexibility index (Phi) is 5.52. The molecule has 0 heterocycles. The Morgan fingerprint density at radius 2 is 2.00 bits per heavy atom. The maximum Gasteiger partial charge on any atom is 0.269 e. The Bertz CT molecular complexity index is 422. The first-order valence-corrected chi connectivity index (χ1v) is 6.11. The molecule has 0 aliphatic heterocycles. The van der Waals surface area contributed by atoms with Gasteiger partial charge < -0.3 is 5.32 Å². The van der Waals surface area contributed by atoms with Gasteiger partial charge in [-0.3, -0.25) is 10.1 Å². The van der Waals surface area contributed by atoms with E-state index in [0.717, 1.165) is 18.7 Å². The SMILES string of the molecule is CC(=Cc1ccc([N+](=O)[O-])cc1)CNCC(C)C. The van der Waals surface area contributed by atoms with E-state index in [1.54, 1.807) is 12.1 Å². The van der Waals surface area contributed by atoms with E-state index < -0.39 is 0 Å². The maximum absolute atomic E-state index is 10.5. The van der Waals surface area contributed by atoms with Crippen molar-refractivity contribution in [2.75, 3.05) is 13.1 Å². The standard InChI is InChI=1S/C14H20N2O2/c1-11(2)9-15-10-12(3)8-13-4-6-14(7-5-13)16(17)18/h4-8,11,15H,9-10H2,1-3H3. The Balaban J connectivity index is 2.56. The molecule has 0 radical (unpaired) electrons. The lowest BCUT2D eigenvalue weighted by atomic mass is 10.1. The lowest BCUT2D eigenvalue weighted by Gasteiger charge is -2.07. The van der Waals surface area contributed by atoms with Gasteiger partial charge in [0.15, 0.2) is 0 Å². The van der Waals surface area contributed by atoms with Crippen molar-refractivity contribution in [3.63, 3.8) is 0 Å². The summed E-state index contributed by atoms with van der Waals surface area (Å²) in [7, 11) is 0. The van der Waals surface area contributed by atoms with Gasteiger partial charge in [-0.1, -0.05) is 25.5 Å². The third-order valence-corrected chi connectivity index (χ3v) is 2.47. The molecule has 0 saturated carbocycles. The van der Waals surface area contributed by atoms with E-state index >= 15 is 0 Å². The van der Waals surface area contributed by atoms with Crippen LogP contribution in [0.4, 0.5) is 5.69 Å². The quantitative estimate of drug-likeness (QED) is 0.621. The molecule has 0 aromatic heterocycles. The molecular formula is C14H20N2O2. The summed E-state index contributed by atoms with van der Waals surface area (Å²) >= 11 is 0. The van der Waals surface area contributed by atoms with E-state index in [4.69, 9.17) is 0 Å². The van der Waals surface area contributed by atoms with Gasteiger partial charge in [-0.2, -0.15) is 0 Å². The molecule has 1 rings (SSSR count). The summed E-state index contributed by atoms with van der Waals surface area (Å²) in [6.07, 6.45) is 2.04. The predicted molar refractivity (Wildman–Crippen MR) is 74.5 cm³/mol. The smallest absolute Gasteiger partial charge is 0.269 e. The summed E-state index contributed by atoms with van der Waals surface area (Å²) in [5, 5.41) is 13.9. The molecule has 0 unspecified atom stereocenters. The molecule has 4 heteroatoms. The number of nitrogens with zero attached hydrogens (tertiary/aromatic N) is 1. The van der Waals surface area contributed by atoms with Gasteiger partial charge in [0.05, 0.1) is 4.92 Å². The van der Waals surface area contributed by atoms with E-state index in [-0.39, 0.29) is 10.6 Å². The van der Waals surface area contributed by atoms with Gasteiger partial charge >= 0.3 is 0 Å². The summed E-state index contributed by atoms with van der Waals surface area (Å²) < 4.78 is 0. The second-order valence-electron chi connectivity index (χ2n) is 4.86. The fourth-order valence-electron chi connectivity index (χ4n) is 1.59. The maximum atomic E-state index is 10.5. The second-order valence-corrected chi connectivity index (χ2v) is 4.86. The Hall–Kier alpha value is -1.68. The highest BCUT2D eigenvalue weighted by Gasteiger charge is 2.02. The molecule has 0 bridgehead atoms. The van der Waals surface area contributed by atoms with Crippen LogP contribution >= 0.6 is 0 Å². The minimum Gasteiger partial charge on any atom is -0.313 e. The summed E-state index contributed by atoms with van der Waals surface area (Å²) in [4.78, 5) is 10.1. The van der Waals surface area contributed by atoms with Crippen molar-refractivity contribution < 1.29 is 4.92 Å². The van der Waals surface area contributed by atoms with E-state index in [0.29, 0.717) is 5.92 Å². The van der Waals surface area contributed by atoms with Crippen LogP contribution in [0.2, 0.25) is 0 Å². The summed E-state index contributed by atoms with van der Waals surface area (Å²) in [6, 6.07) is 6.59. The number of nitro groups is 1. The molecule has 0 fully saturated rings. The largest absolute Gasteiger partial charge is 0.313 e. The molecule has 0 saturated heterocycles. The van der Waals surface area contributed by atoms with Crippen LogP contribution in [0, 0.1) is 16.0 Å². The van der Waals surface area contributed by atoms with Crippen LogP contribution < -0.4 is 5.32 Å². The highest BCUT2D eigenvalue weighted by Crippen LogP contribution is 2.14. The van der Waals surface area contributed by atoms with Crippen LogP contribution in [-0.2, 0) is 0 Å². The van der Waals surface area contributed by atoms with Crippen molar-refractivity contribution in [1.82, 2.24) is 5.32 Å². The third kappa shape index (κ3) is 5.10. The first-order valence-electron chi connectivity index (χ1n) is 6.11. The topological polar surface area (TPSA) is 55.2 Å². The van der Waals surface area contributed by atoms with Crippen molar-refractivity contribution in [3.8, 4) is 0 Å². The number of rotatable bonds is 6. The van der Waals surface area contributed by atoms with Crippen molar-refractivity contribution in [2.24, 2.45) is 5.92 Å². The third-order valence-electron chi connectivity index (χ3n) is 2.47. The zero-order valence-electron chi connectivity index (χ0n) is 11.1. The van der Waals surface area contributed by atoms with E-state index in [2.05, 4.69) is 26.1 Å². The van der Waals surface area contributed by atoms with Crippen molar-refractivity contribution in [3.05, 3.63) is 45.5 Å². The molecule has 1 aromatic carbocycles. The van der Waals surface area contributed by atoms with Crippen LogP contribution in [0.15, 0.2) is 29.8 Å². The van der Waals surface area contributed by atoms with Gasteiger partial charge in [0.2, 0.25) is 0 Å². The number of hydrogen-bond donors (Lipinski definition) is 1. The number of benzene rings is 1. The number of nitro benzene ring substituents is 1. The normalized spacial score (nSPS) is 11.9. The second kappa shape index (κ2) is 6.91. The summed E-state index contributed by atoms with van der Waals surface area (Å²) in [6.45, 7) is 8.22. The fourth-order valence-corrected chi connectivity index (χ4v) is 1.59. The van der Waals surface area contributed by atoms with Crippen LogP contribution in [0.1, 0.15) is 26.3 Å². The highest BCUT2D eigenvalue weighted by molar-refractivity contribution is 5.54. The molecule has 0 aliphatic rings. The van der Waals surface area contributed by atoms with Crippen LogP contribution in [0.25, 0.3) is 6.08 Å². The molecular weight excluding hydrogens is 228 g/mol. The van der Waals surface area contributed by atoms with Crippen LogP contribution in [0.3, 0.4) is 0 Å². The van der Waals surface area contributed by atoms with Crippen LogP contribution in [0.5, 0.6) is 0 Å². The minimum absolute atomic E-state index is 0.128. The fraction of sp³-hybridized carbons (Fsp3) is 0.429. The minimum atomic E-state index is -0.384. The molecule has 0 atom stereocenters. The molecule has 0 amide bonds. The van der Waals surface area contributed by atoms with Gasteiger partial charge in [0.25, 0.3) is 5.69 Å². The van der Waals surface area contributed by atoms with Gasteiger partial charge in [0, 0.05) is 18.7 Å². The molecule has 1 aromatic rings. The Morgan fingerprint density at radius 1 is 1.39 bits per heavy atom. The van der Waals surface area contributed by atoms with Crippen molar-refractivity contribution in [2.45, 2.75) is 20.8 Å². The number of hydrogen-bond acceptors (Lipinski definition) is 3. The van der Waals surface area contributed by atoms with E-state index in [1.807, 2.05) is 6.08 Å². The van der Waals surface area contributed by atoms with E-state index in [9.17, 15) is 10.1 Å². The van der Waals surface area contributed by atoms with Crippen LogP contribution in [-0.4, -0.2) is 18.0 Å². The lowest BCUT2D eigenvalue weighted by Crippen LogP contribution is -2.21. The average Bonchev–Trinajstić information content (AvgIpc) is 2.29. The number of nitrogens with one attached hydrogen (secondary N) is 1. The number of non-ortho nitro benzene ring substituents is 1. The average molecular weight is 248 g/mol. The molecule has 18 heavy (non-hydrogen) atoms. The Morgan fingerprint density at radius 3 is 2.50 bits per heavy atom. The van der Waals surface area contributed by atoms with Gasteiger partial charge in [-0.15, -0.1) is 0 Å². The Labute approximate surface area is 108 Å². The van der Waals surface area contributed by atoms with Gasteiger partial charge in [-0.05, 0) is 37.1 Å². The molecule has 0 aliphatic carbocycles. The summed E-state index contributed by atoms with van der Waals surface area (Å²) in [5.41, 5.74) is 2.33. The van der Waals surface area contributed by atoms with Crippen molar-refractivity contribution in [1.29, 1.82) is 0 Å². The first-order chi connectivity index (χ1) is 8.49. The zero-order valence-corrected chi connectivity index (χ0v) is 11.1. The molecule has 4 nitrogen and oxygen atoms in total. The highest BCUT2D eigenvalue weighted by atomic mass is 16.6. The molecule has 98 valence electrons. The first kappa shape index (κ1) is 14.4. The molecule has 0 spiro atoms. The molecule has 1 N–H and O–H groups in total. The van der Waals surface area contributed by atoms with Crippen molar-refractivity contribution >= 4 is 11.8 Å². The zero-order chi connectivity index (χ0) is 13.5. The van der Waals surface area contributed by atoms with Gasteiger partial charge in [-0.25, -0.2) is 0 Å². The lowest BCUT2D eigenvalue weighted by molar-refractivity contribution is -0.384.